The van der Waals surface area contributed by atoms with Gasteiger partial charge >= 0.3 is 0 Å². The summed E-state index contributed by atoms with van der Waals surface area (Å²) in [5.41, 5.74) is 9.46. The highest BCUT2D eigenvalue weighted by atomic mass is 16.2. The fourth-order valence-electron chi connectivity index (χ4n) is 1.26. The first-order valence-electron chi connectivity index (χ1n) is 4.87. The predicted octanol–water partition coefficient (Wildman–Crippen LogP) is 0.149. The number of hydrazine groups is 1. The van der Waals surface area contributed by atoms with Crippen LogP contribution in [-0.4, -0.2) is 31.1 Å². The van der Waals surface area contributed by atoms with Gasteiger partial charge < -0.3 is 5.73 Å². The van der Waals surface area contributed by atoms with Crippen molar-refractivity contribution < 1.29 is 4.79 Å². The summed E-state index contributed by atoms with van der Waals surface area (Å²) in [4.78, 5) is 11.5. The molecular formula is C11H17N3O. The Kier molecular flexibility index (Phi) is 4.27. The quantitative estimate of drug-likeness (QED) is 0.691. The van der Waals surface area contributed by atoms with Crippen molar-refractivity contribution in [3.63, 3.8) is 0 Å². The molecule has 0 unspecified atom stereocenters. The van der Waals surface area contributed by atoms with Crippen LogP contribution in [0.3, 0.4) is 0 Å². The molecule has 0 aliphatic heterocycles. The van der Waals surface area contributed by atoms with E-state index in [2.05, 4.69) is 5.43 Å². The van der Waals surface area contributed by atoms with Crippen molar-refractivity contribution in [2.24, 2.45) is 5.73 Å². The largest absolute Gasteiger partial charge is 0.320 e. The summed E-state index contributed by atoms with van der Waals surface area (Å²) in [6.45, 7) is 0. The van der Waals surface area contributed by atoms with E-state index in [-0.39, 0.29) is 5.91 Å². The lowest BCUT2D eigenvalue weighted by Gasteiger charge is -2.16. The van der Waals surface area contributed by atoms with Gasteiger partial charge in [0.25, 0.3) is 5.91 Å². The third-order valence-corrected chi connectivity index (χ3v) is 1.97. The van der Waals surface area contributed by atoms with Crippen LogP contribution >= 0.6 is 0 Å². The molecule has 1 aromatic rings. The number of amides is 1. The van der Waals surface area contributed by atoms with Gasteiger partial charge in [-0.25, -0.2) is 5.01 Å². The van der Waals surface area contributed by atoms with Crippen LogP contribution in [0.25, 0.3) is 0 Å². The highest BCUT2D eigenvalue weighted by Gasteiger charge is 2.13. The molecule has 3 N–H and O–H groups in total. The van der Waals surface area contributed by atoms with E-state index in [4.69, 9.17) is 5.73 Å². The van der Waals surface area contributed by atoms with Gasteiger partial charge in [0.1, 0.15) is 0 Å². The van der Waals surface area contributed by atoms with Gasteiger partial charge in [-0.05, 0) is 12.0 Å². The van der Waals surface area contributed by atoms with E-state index in [1.54, 1.807) is 19.1 Å². The average Bonchev–Trinajstić information content (AvgIpc) is 2.18. The van der Waals surface area contributed by atoms with Crippen LogP contribution < -0.4 is 11.2 Å². The molecule has 4 nitrogen and oxygen atoms in total. The van der Waals surface area contributed by atoms with E-state index in [0.717, 1.165) is 5.56 Å². The lowest BCUT2D eigenvalue weighted by Crippen LogP contribution is -2.47. The van der Waals surface area contributed by atoms with Gasteiger partial charge in [-0.1, -0.05) is 30.3 Å². The molecule has 0 aliphatic carbocycles. The van der Waals surface area contributed by atoms with Crippen LogP contribution in [0.4, 0.5) is 0 Å². The molecule has 1 rings (SSSR count). The van der Waals surface area contributed by atoms with Crippen molar-refractivity contribution in [2.75, 3.05) is 14.1 Å². The number of benzene rings is 1. The first-order valence-corrected chi connectivity index (χ1v) is 4.87. The van der Waals surface area contributed by atoms with Crippen molar-refractivity contribution >= 4 is 5.91 Å². The van der Waals surface area contributed by atoms with E-state index >= 15 is 0 Å². The van der Waals surface area contributed by atoms with Gasteiger partial charge in [0, 0.05) is 14.1 Å². The highest BCUT2D eigenvalue weighted by Crippen LogP contribution is 2.01. The molecule has 4 heteroatoms. The van der Waals surface area contributed by atoms with Crippen LogP contribution in [0, 0.1) is 0 Å². The first-order chi connectivity index (χ1) is 7.09. The Balaban J connectivity index is 2.49. The SMILES string of the molecule is CN(C)NC(=O)[C@H](N)Cc1ccccc1. The van der Waals surface area contributed by atoms with Crippen LogP contribution in [-0.2, 0) is 11.2 Å². The molecule has 82 valence electrons. The highest BCUT2D eigenvalue weighted by molar-refractivity contribution is 5.81. The number of nitrogens with zero attached hydrogens (tertiary/aromatic N) is 1. The number of nitrogens with one attached hydrogen (secondary N) is 1. The minimum absolute atomic E-state index is 0.163. The average molecular weight is 207 g/mol. The second kappa shape index (κ2) is 5.48. The summed E-state index contributed by atoms with van der Waals surface area (Å²) < 4.78 is 0. The Morgan fingerprint density at radius 2 is 2.00 bits per heavy atom. The van der Waals surface area contributed by atoms with Crippen molar-refractivity contribution in [1.82, 2.24) is 10.4 Å². The third kappa shape index (κ3) is 4.10. The second-order valence-electron chi connectivity index (χ2n) is 3.67. The number of hydrogen-bond acceptors (Lipinski definition) is 3. The van der Waals surface area contributed by atoms with Crippen molar-refractivity contribution in [3.05, 3.63) is 35.9 Å². The molecule has 0 saturated heterocycles. The molecule has 0 aromatic heterocycles. The number of nitrogens with two attached hydrogens (primary N) is 1. The van der Waals surface area contributed by atoms with E-state index in [1.807, 2.05) is 30.3 Å². The molecule has 0 spiro atoms. The molecule has 15 heavy (non-hydrogen) atoms. The Morgan fingerprint density at radius 1 is 1.40 bits per heavy atom. The topological polar surface area (TPSA) is 58.4 Å². The molecule has 0 radical (unpaired) electrons. The van der Waals surface area contributed by atoms with Crippen LogP contribution in [0.15, 0.2) is 30.3 Å². The van der Waals surface area contributed by atoms with Crippen molar-refractivity contribution in [3.8, 4) is 0 Å². The Hall–Kier alpha value is -1.39. The Labute approximate surface area is 90.0 Å². The molecule has 1 atom stereocenters. The molecule has 1 aromatic carbocycles. The fraction of sp³-hybridized carbons (Fsp3) is 0.364. The zero-order chi connectivity index (χ0) is 11.3. The van der Waals surface area contributed by atoms with Gasteiger partial charge in [0.05, 0.1) is 6.04 Å². The maximum Gasteiger partial charge on any atom is 0.251 e. The van der Waals surface area contributed by atoms with Gasteiger partial charge in [0.15, 0.2) is 0 Å². The Morgan fingerprint density at radius 3 is 2.53 bits per heavy atom. The minimum Gasteiger partial charge on any atom is -0.320 e. The Bertz CT molecular complexity index is 311. The summed E-state index contributed by atoms with van der Waals surface area (Å²) in [6, 6.07) is 9.23. The van der Waals surface area contributed by atoms with Crippen molar-refractivity contribution in [1.29, 1.82) is 0 Å². The van der Waals surface area contributed by atoms with Gasteiger partial charge in [-0.15, -0.1) is 0 Å². The first kappa shape index (κ1) is 11.7. The van der Waals surface area contributed by atoms with E-state index < -0.39 is 6.04 Å². The zero-order valence-corrected chi connectivity index (χ0v) is 9.10. The molecule has 0 bridgehead atoms. The lowest BCUT2D eigenvalue weighted by atomic mass is 10.1. The zero-order valence-electron chi connectivity index (χ0n) is 9.10. The standard InChI is InChI=1S/C11H17N3O/c1-14(2)13-11(15)10(12)8-9-6-4-3-5-7-9/h3-7,10H,8,12H2,1-2H3,(H,13,15)/t10-/m1/s1. The number of carbonyl (C=O) groups excluding carboxylic acids is 1. The van der Waals surface area contributed by atoms with Crippen molar-refractivity contribution in [2.45, 2.75) is 12.5 Å². The molecule has 0 fully saturated rings. The molecule has 1 amide bonds. The summed E-state index contributed by atoms with van der Waals surface area (Å²) in [6.07, 6.45) is 0.556. The van der Waals surface area contributed by atoms with Crippen LogP contribution in [0.1, 0.15) is 5.56 Å². The third-order valence-electron chi connectivity index (χ3n) is 1.97. The number of rotatable bonds is 4. The fourth-order valence-corrected chi connectivity index (χ4v) is 1.26. The number of hydrogen-bond donors (Lipinski definition) is 2. The minimum atomic E-state index is -0.505. The van der Waals surface area contributed by atoms with E-state index in [0.29, 0.717) is 6.42 Å². The van der Waals surface area contributed by atoms with Gasteiger partial charge in [0.2, 0.25) is 0 Å². The number of carbonyl (C=O) groups is 1. The molecule has 0 aliphatic rings. The van der Waals surface area contributed by atoms with Crippen LogP contribution in [0.2, 0.25) is 0 Å². The second-order valence-corrected chi connectivity index (χ2v) is 3.67. The molecule has 0 saturated carbocycles. The summed E-state index contributed by atoms with van der Waals surface area (Å²) in [5.74, 6) is -0.163. The molecular weight excluding hydrogens is 190 g/mol. The summed E-state index contributed by atoms with van der Waals surface area (Å²) in [5, 5.41) is 1.59. The monoisotopic (exact) mass is 207 g/mol. The van der Waals surface area contributed by atoms with Gasteiger partial charge in [-0.3, -0.25) is 10.2 Å². The lowest BCUT2D eigenvalue weighted by molar-refractivity contribution is -0.126. The predicted molar refractivity (Wildman–Crippen MR) is 60.0 cm³/mol. The normalized spacial score (nSPS) is 12.5. The smallest absolute Gasteiger partial charge is 0.251 e. The molecule has 0 heterocycles. The summed E-state index contributed by atoms with van der Waals surface area (Å²) >= 11 is 0. The summed E-state index contributed by atoms with van der Waals surface area (Å²) in [7, 11) is 3.51. The van der Waals surface area contributed by atoms with Gasteiger partial charge in [-0.2, -0.15) is 0 Å². The maximum absolute atomic E-state index is 11.5. The maximum atomic E-state index is 11.5. The van der Waals surface area contributed by atoms with E-state index in [9.17, 15) is 4.79 Å². The van der Waals surface area contributed by atoms with E-state index in [1.165, 1.54) is 0 Å². The van der Waals surface area contributed by atoms with Crippen LogP contribution in [0.5, 0.6) is 0 Å².